The Kier molecular flexibility index (Phi) is 5.40. The van der Waals surface area contributed by atoms with E-state index < -0.39 is 0 Å². The first-order valence-corrected chi connectivity index (χ1v) is 7.34. The van der Waals surface area contributed by atoms with Gasteiger partial charge in [-0.25, -0.2) is 0 Å². The summed E-state index contributed by atoms with van der Waals surface area (Å²) in [6.07, 6.45) is 6.23. The van der Waals surface area contributed by atoms with E-state index in [9.17, 15) is 4.79 Å². The number of primary amides is 1. The highest BCUT2D eigenvalue weighted by Gasteiger charge is 2.18. The molecule has 3 N–H and O–H groups in total. The van der Waals surface area contributed by atoms with Gasteiger partial charge in [0.1, 0.15) is 0 Å². The summed E-state index contributed by atoms with van der Waals surface area (Å²) in [6.45, 7) is 2.03. The second kappa shape index (κ2) is 7.29. The van der Waals surface area contributed by atoms with Crippen molar-refractivity contribution >= 4 is 5.91 Å². The number of hydrogen-bond acceptors (Lipinski definition) is 2. The van der Waals surface area contributed by atoms with Crippen LogP contribution in [0.25, 0.3) is 0 Å². The highest BCUT2D eigenvalue weighted by Crippen LogP contribution is 2.30. The molecule has 0 fully saturated rings. The van der Waals surface area contributed by atoms with Crippen molar-refractivity contribution in [1.29, 1.82) is 0 Å². The Bertz CT molecular complexity index is 417. The third kappa shape index (κ3) is 4.35. The molecule has 1 unspecified atom stereocenters. The fourth-order valence-electron chi connectivity index (χ4n) is 2.89. The molecule has 0 spiro atoms. The van der Waals surface area contributed by atoms with Crippen LogP contribution in [-0.2, 0) is 11.2 Å². The largest absolute Gasteiger partial charge is 0.370 e. The van der Waals surface area contributed by atoms with Crippen molar-refractivity contribution < 1.29 is 4.79 Å². The van der Waals surface area contributed by atoms with Gasteiger partial charge in [0.15, 0.2) is 0 Å². The number of carbonyl (C=O) groups excluding carboxylic acids is 1. The molecule has 0 radical (unpaired) electrons. The van der Waals surface area contributed by atoms with Gasteiger partial charge < -0.3 is 11.1 Å². The first-order valence-electron chi connectivity index (χ1n) is 7.34. The molecule has 19 heavy (non-hydrogen) atoms. The number of carbonyl (C=O) groups is 1. The van der Waals surface area contributed by atoms with Gasteiger partial charge in [0, 0.05) is 13.0 Å². The minimum atomic E-state index is -0.193. The molecule has 1 aromatic carbocycles. The summed E-state index contributed by atoms with van der Waals surface area (Å²) in [5.41, 5.74) is 8.17. The lowest BCUT2D eigenvalue weighted by Crippen LogP contribution is -2.25. The summed E-state index contributed by atoms with van der Waals surface area (Å²) in [5, 5.41) is 3.52. The summed E-state index contributed by atoms with van der Waals surface area (Å²) in [5.74, 6) is 0.460. The van der Waals surface area contributed by atoms with Gasteiger partial charge in [-0.3, -0.25) is 4.79 Å². The quantitative estimate of drug-likeness (QED) is 0.739. The lowest BCUT2D eigenvalue weighted by molar-refractivity contribution is -0.118. The number of benzene rings is 1. The average molecular weight is 260 g/mol. The Morgan fingerprint density at radius 1 is 1.32 bits per heavy atom. The third-order valence-corrected chi connectivity index (χ3v) is 3.91. The van der Waals surface area contributed by atoms with E-state index in [1.807, 2.05) is 0 Å². The number of amides is 1. The highest BCUT2D eigenvalue weighted by atomic mass is 16.1. The first-order chi connectivity index (χ1) is 9.27. The smallest absolute Gasteiger partial charge is 0.217 e. The van der Waals surface area contributed by atoms with E-state index >= 15 is 0 Å². The molecule has 0 saturated carbocycles. The second-order valence-electron chi connectivity index (χ2n) is 5.42. The predicted molar refractivity (Wildman–Crippen MR) is 78.0 cm³/mol. The summed E-state index contributed by atoms with van der Waals surface area (Å²) < 4.78 is 0. The maximum absolute atomic E-state index is 10.6. The van der Waals surface area contributed by atoms with Crippen LogP contribution in [0.15, 0.2) is 24.3 Å². The zero-order valence-electron chi connectivity index (χ0n) is 11.5. The SMILES string of the molecule is NC(=O)CCCCNCC1CCCc2ccccc21. The van der Waals surface area contributed by atoms with E-state index in [4.69, 9.17) is 5.73 Å². The van der Waals surface area contributed by atoms with E-state index in [0.717, 1.165) is 25.9 Å². The topological polar surface area (TPSA) is 55.1 Å². The van der Waals surface area contributed by atoms with E-state index in [1.54, 1.807) is 0 Å². The van der Waals surface area contributed by atoms with Gasteiger partial charge in [-0.05, 0) is 55.7 Å². The van der Waals surface area contributed by atoms with Crippen LogP contribution in [0, 0.1) is 0 Å². The monoisotopic (exact) mass is 260 g/mol. The fourth-order valence-corrected chi connectivity index (χ4v) is 2.89. The Morgan fingerprint density at radius 2 is 2.16 bits per heavy atom. The molecule has 1 aliphatic carbocycles. The molecule has 1 atom stereocenters. The van der Waals surface area contributed by atoms with Crippen LogP contribution < -0.4 is 11.1 Å². The summed E-state index contributed by atoms with van der Waals surface area (Å²) in [7, 11) is 0. The lowest BCUT2D eigenvalue weighted by Gasteiger charge is -2.25. The number of aryl methyl sites for hydroxylation is 1. The molecule has 3 nitrogen and oxygen atoms in total. The van der Waals surface area contributed by atoms with E-state index in [0.29, 0.717) is 12.3 Å². The highest BCUT2D eigenvalue weighted by molar-refractivity contribution is 5.73. The standard InChI is InChI=1S/C16H24N2O/c17-16(19)10-3-4-11-18-12-14-8-5-7-13-6-1-2-9-15(13)14/h1-2,6,9,14,18H,3-5,7-8,10-12H2,(H2,17,19). The molecule has 0 aromatic heterocycles. The number of rotatable bonds is 7. The predicted octanol–water partition coefficient (Wildman–Crippen LogP) is 2.35. The maximum atomic E-state index is 10.6. The molecule has 1 amide bonds. The van der Waals surface area contributed by atoms with Gasteiger partial charge in [0.2, 0.25) is 5.91 Å². The normalized spacial score (nSPS) is 18.0. The molecule has 1 aliphatic rings. The summed E-state index contributed by atoms with van der Waals surface area (Å²) in [6, 6.07) is 8.81. The van der Waals surface area contributed by atoms with Crippen molar-refractivity contribution in [2.75, 3.05) is 13.1 Å². The Morgan fingerprint density at radius 3 is 3.00 bits per heavy atom. The van der Waals surface area contributed by atoms with Crippen molar-refractivity contribution in [2.45, 2.75) is 44.4 Å². The molecule has 1 aromatic rings. The maximum Gasteiger partial charge on any atom is 0.217 e. The van der Waals surface area contributed by atoms with Gasteiger partial charge >= 0.3 is 0 Å². The van der Waals surface area contributed by atoms with Crippen molar-refractivity contribution in [3.8, 4) is 0 Å². The third-order valence-electron chi connectivity index (χ3n) is 3.91. The molecule has 0 bridgehead atoms. The summed E-state index contributed by atoms with van der Waals surface area (Å²) >= 11 is 0. The number of unbranched alkanes of at least 4 members (excludes halogenated alkanes) is 1. The molecule has 2 rings (SSSR count). The van der Waals surface area contributed by atoms with Crippen molar-refractivity contribution in [1.82, 2.24) is 5.32 Å². The molecule has 0 saturated heterocycles. The zero-order valence-corrected chi connectivity index (χ0v) is 11.5. The van der Waals surface area contributed by atoms with Crippen molar-refractivity contribution in [3.63, 3.8) is 0 Å². The zero-order chi connectivity index (χ0) is 13.5. The minimum absolute atomic E-state index is 0.193. The molecule has 104 valence electrons. The van der Waals surface area contributed by atoms with E-state index in [2.05, 4.69) is 29.6 Å². The molecule has 3 heteroatoms. The van der Waals surface area contributed by atoms with Crippen molar-refractivity contribution in [2.24, 2.45) is 5.73 Å². The fraction of sp³-hybridized carbons (Fsp3) is 0.562. The van der Waals surface area contributed by atoms with Gasteiger partial charge in [-0.2, -0.15) is 0 Å². The van der Waals surface area contributed by atoms with Crippen LogP contribution in [0.3, 0.4) is 0 Å². The Balaban J connectivity index is 1.71. The number of nitrogens with two attached hydrogens (primary N) is 1. The number of fused-ring (bicyclic) bond motifs is 1. The average Bonchev–Trinajstić information content (AvgIpc) is 2.42. The lowest BCUT2D eigenvalue weighted by atomic mass is 9.83. The van der Waals surface area contributed by atoms with Gasteiger partial charge in [-0.1, -0.05) is 24.3 Å². The van der Waals surface area contributed by atoms with Crippen LogP contribution in [-0.4, -0.2) is 19.0 Å². The number of nitrogens with one attached hydrogen (secondary N) is 1. The summed E-state index contributed by atoms with van der Waals surface area (Å²) in [4.78, 5) is 10.6. The molecule has 0 aliphatic heterocycles. The second-order valence-corrected chi connectivity index (χ2v) is 5.42. The van der Waals surface area contributed by atoms with Crippen LogP contribution in [0.5, 0.6) is 0 Å². The molecular formula is C16H24N2O. The van der Waals surface area contributed by atoms with Crippen LogP contribution >= 0.6 is 0 Å². The van der Waals surface area contributed by atoms with Crippen LogP contribution in [0.2, 0.25) is 0 Å². The molecular weight excluding hydrogens is 236 g/mol. The minimum Gasteiger partial charge on any atom is -0.370 e. The molecule has 0 heterocycles. The number of hydrogen-bond donors (Lipinski definition) is 2. The van der Waals surface area contributed by atoms with E-state index in [1.165, 1.54) is 30.4 Å². The van der Waals surface area contributed by atoms with Gasteiger partial charge in [-0.15, -0.1) is 0 Å². The van der Waals surface area contributed by atoms with Gasteiger partial charge in [0.05, 0.1) is 0 Å². The van der Waals surface area contributed by atoms with E-state index in [-0.39, 0.29) is 5.91 Å². The Labute approximate surface area is 115 Å². The Hall–Kier alpha value is -1.35. The first kappa shape index (κ1) is 14.1. The van der Waals surface area contributed by atoms with Gasteiger partial charge in [0.25, 0.3) is 0 Å². The van der Waals surface area contributed by atoms with Crippen LogP contribution in [0.4, 0.5) is 0 Å². The van der Waals surface area contributed by atoms with Crippen molar-refractivity contribution in [3.05, 3.63) is 35.4 Å². The van der Waals surface area contributed by atoms with Crippen LogP contribution in [0.1, 0.15) is 49.1 Å².